The van der Waals surface area contributed by atoms with Crippen LogP contribution >= 0.6 is 12.4 Å². The van der Waals surface area contributed by atoms with Gasteiger partial charge in [-0.05, 0) is 48.4 Å². The second-order valence-corrected chi connectivity index (χ2v) is 9.59. The third-order valence-electron chi connectivity index (χ3n) is 6.44. The van der Waals surface area contributed by atoms with E-state index in [-0.39, 0.29) is 23.7 Å². The highest BCUT2D eigenvalue weighted by Gasteiger charge is 2.21. The van der Waals surface area contributed by atoms with Gasteiger partial charge < -0.3 is 14.2 Å². The number of aryl methyl sites for hydroxylation is 1. The molecular weight excluding hydrogens is 422 g/mol. The number of rotatable bonds is 6. The molecule has 1 fully saturated rings. The van der Waals surface area contributed by atoms with Gasteiger partial charge in [0.15, 0.2) is 0 Å². The SMILES string of the molecule is Cc1c(C)n(Cc2ccc(C(C)(C)C)cc2)c2c(OCCN3CCCC3=O)nccc12.Cl. The predicted octanol–water partition coefficient (Wildman–Crippen LogP) is 5.42. The third-order valence-corrected chi connectivity index (χ3v) is 6.44. The Bertz CT molecular complexity index is 1100. The van der Waals surface area contributed by atoms with Crippen molar-refractivity contribution in [2.75, 3.05) is 19.7 Å². The summed E-state index contributed by atoms with van der Waals surface area (Å²) < 4.78 is 8.42. The van der Waals surface area contributed by atoms with Crippen LogP contribution in [-0.4, -0.2) is 40.1 Å². The van der Waals surface area contributed by atoms with Crippen molar-refractivity contribution in [1.82, 2.24) is 14.5 Å². The third kappa shape index (κ3) is 4.78. The molecule has 32 heavy (non-hydrogen) atoms. The highest BCUT2D eigenvalue weighted by molar-refractivity contribution is 5.89. The van der Waals surface area contributed by atoms with Crippen LogP contribution in [0, 0.1) is 13.8 Å². The molecule has 0 N–H and O–H groups in total. The number of carbonyl (C=O) groups is 1. The van der Waals surface area contributed by atoms with Crippen molar-refractivity contribution in [2.45, 2.75) is 59.4 Å². The van der Waals surface area contributed by atoms with Crippen LogP contribution in [0.5, 0.6) is 5.88 Å². The molecule has 1 amide bonds. The van der Waals surface area contributed by atoms with E-state index in [1.165, 1.54) is 27.8 Å². The molecule has 0 saturated carbocycles. The number of nitrogens with zero attached hydrogens (tertiary/aromatic N) is 3. The quantitative estimate of drug-likeness (QED) is 0.498. The Morgan fingerprint density at radius 3 is 2.44 bits per heavy atom. The highest BCUT2D eigenvalue weighted by atomic mass is 35.5. The summed E-state index contributed by atoms with van der Waals surface area (Å²) in [7, 11) is 0. The summed E-state index contributed by atoms with van der Waals surface area (Å²) in [6.07, 6.45) is 3.42. The predicted molar refractivity (Wildman–Crippen MR) is 132 cm³/mol. The minimum Gasteiger partial charge on any atom is -0.474 e. The van der Waals surface area contributed by atoms with E-state index >= 15 is 0 Å². The molecule has 0 bridgehead atoms. The summed E-state index contributed by atoms with van der Waals surface area (Å²) in [6, 6.07) is 11.0. The molecule has 4 rings (SSSR count). The van der Waals surface area contributed by atoms with E-state index in [1.807, 2.05) is 11.1 Å². The van der Waals surface area contributed by atoms with E-state index in [1.54, 1.807) is 0 Å². The molecule has 2 aromatic heterocycles. The van der Waals surface area contributed by atoms with Gasteiger partial charge in [0, 0.05) is 36.8 Å². The maximum absolute atomic E-state index is 11.9. The molecule has 3 aromatic rings. The van der Waals surface area contributed by atoms with Gasteiger partial charge in [-0.3, -0.25) is 4.79 Å². The molecule has 0 radical (unpaired) electrons. The van der Waals surface area contributed by atoms with Crippen LogP contribution in [0.4, 0.5) is 0 Å². The van der Waals surface area contributed by atoms with Crippen molar-refractivity contribution in [3.8, 4) is 5.88 Å². The Morgan fingerprint density at radius 2 is 1.81 bits per heavy atom. The van der Waals surface area contributed by atoms with Crippen LogP contribution in [0.15, 0.2) is 36.5 Å². The average molecular weight is 456 g/mol. The molecule has 0 unspecified atom stereocenters. The van der Waals surface area contributed by atoms with Gasteiger partial charge in [-0.15, -0.1) is 12.4 Å². The van der Waals surface area contributed by atoms with Gasteiger partial charge in [0.25, 0.3) is 0 Å². The fraction of sp³-hybridized carbons (Fsp3) is 0.462. The lowest BCUT2D eigenvalue weighted by molar-refractivity contribution is -0.128. The van der Waals surface area contributed by atoms with E-state index in [0.717, 1.165) is 25.0 Å². The molecule has 6 heteroatoms. The van der Waals surface area contributed by atoms with Crippen molar-refractivity contribution in [2.24, 2.45) is 0 Å². The van der Waals surface area contributed by atoms with Gasteiger partial charge >= 0.3 is 0 Å². The van der Waals surface area contributed by atoms with Crippen molar-refractivity contribution in [3.63, 3.8) is 0 Å². The van der Waals surface area contributed by atoms with Gasteiger partial charge in [-0.25, -0.2) is 4.98 Å². The van der Waals surface area contributed by atoms with Crippen molar-refractivity contribution >= 4 is 29.2 Å². The van der Waals surface area contributed by atoms with Crippen molar-refractivity contribution in [3.05, 3.63) is 58.9 Å². The number of hydrogen-bond donors (Lipinski definition) is 0. The number of ether oxygens (including phenoxy) is 1. The topological polar surface area (TPSA) is 47.4 Å². The zero-order valence-electron chi connectivity index (χ0n) is 19.8. The fourth-order valence-corrected chi connectivity index (χ4v) is 4.35. The van der Waals surface area contributed by atoms with Crippen LogP contribution in [0.3, 0.4) is 0 Å². The first-order valence-electron chi connectivity index (χ1n) is 11.2. The van der Waals surface area contributed by atoms with E-state index in [2.05, 4.69) is 74.5 Å². The van der Waals surface area contributed by atoms with Gasteiger partial charge in [-0.1, -0.05) is 45.0 Å². The molecule has 1 aromatic carbocycles. The summed E-state index contributed by atoms with van der Waals surface area (Å²) in [6.45, 7) is 13.7. The van der Waals surface area contributed by atoms with E-state index in [9.17, 15) is 4.79 Å². The van der Waals surface area contributed by atoms with Crippen LogP contribution < -0.4 is 4.74 Å². The summed E-state index contributed by atoms with van der Waals surface area (Å²) in [5.74, 6) is 0.871. The Morgan fingerprint density at radius 1 is 1.09 bits per heavy atom. The molecule has 1 aliphatic heterocycles. The summed E-state index contributed by atoms with van der Waals surface area (Å²) in [4.78, 5) is 18.3. The van der Waals surface area contributed by atoms with Crippen LogP contribution in [0.2, 0.25) is 0 Å². The lowest BCUT2D eigenvalue weighted by Crippen LogP contribution is -2.29. The highest BCUT2D eigenvalue weighted by Crippen LogP contribution is 2.32. The van der Waals surface area contributed by atoms with Gasteiger partial charge in [-0.2, -0.15) is 0 Å². The minimum absolute atomic E-state index is 0. The number of hydrogen-bond acceptors (Lipinski definition) is 3. The van der Waals surface area contributed by atoms with E-state index < -0.39 is 0 Å². The van der Waals surface area contributed by atoms with E-state index in [0.29, 0.717) is 25.5 Å². The van der Waals surface area contributed by atoms with Crippen molar-refractivity contribution in [1.29, 1.82) is 0 Å². The zero-order chi connectivity index (χ0) is 22.2. The fourth-order valence-electron chi connectivity index (χ4n) is 4.35. The summed E-state index contributed by atoms with van der Waals surface area (Å²) in [5, 5.41) is 1.17. The molecule has 1 aliphatic rings. The standard InChI is InChI=1S/C26H33N3O2.ClH/c1-18-19(2)29(17-20-8-10-21(11-9-20)26(3,4)5)24-22(18)12-13-27-25(24)31-16-15-28-14-6-7-23(28)30;/h8-13H,6-7,14-17H2,1-5H3;1H. The maximum atomic E-state index is 11.9. The summed E-state index contributed by atoms with van der Waals surface area (Å²) >= 11 is 0. The van der Waals surface area contributed by atoms with Crippen LogP contribution in [0.25, 0.3) is 10.9 Å². The first-order chi connectivity index (χ1) is 14.8. The molecule has 0 aliphatic carbocycles. The first-order valence-corrected chi connectivity index (χ1v) is 11.2. The number of carbonyl (C=O) groups excluding carboxylic acids is 1. The zero-order valence-corrected chi connectivity index (χ0v) is 20.6. The first kappa shape index (κ1) is 24.1. The molecule has 172 valence electrons. The monoisotopic (exact) mass is 455 g/mol. The van der Waals surface area contributed by atoms with E-state index in [4.69, 9.17) is 4.74 Å². The molecule has 0 spiro atoms. The second kappa shape index (κ2) is 9.53. The number of benzene rings is 1. The molecular formula is C26H34ClN3O2. The Labute approximate surface area is 197 Å². The maximum Gasteiger partial charge on any atom is 0.238 e. The summed E-state index contributed by atoms with van der Waals surface area (Å²) in [5.41, 5.74) is 6.25. The smallest absolute Gasteiger partial charge is 0.238 e. The minimum atomic E-state index is 0. The number of halogens is 1. The number of pyridine rings is 1. The van der Waals surface area contributed by atoms with Gasteiger partial charge in [0.2, 0.25) is 11.8 Å². The Balaban J connectivity index is 0.00000289. The van der Waals surface area contributed by atoms with Gasteiger partial charge in [0.1, 0.15) is 12.1 Å². The van der Waals surface area contributed by atoms with Crippen LogP contribution in [-0.2, 0) is 16.8 Å². The Kier molecular flexibility index (Phi) is 7.19. The largest absolute Gasteiger partial charge is 0.474 e. The Hall–Kier alpha value is -2.53. The molecule has 5 nitrogen and oxygen atoms in total. The normalized spacial score (nSPS) is 14.2. The van der Waals surface area contributed by atoms with Crippen LogP contribution in [0.1, 0.15) is 56.0 Å². The number of amides is 1. The number of aromatic nitrogens is 2. The lowest BCUT2D eigenvalue weighted by Gasteiger charge is -2.19. The molecule has 0 atom stereocenters. The lowest BCUT2D eigenvalue weighted by atomic mass is 9.87. The van der Waals surface area contributed by atoms with Gasteiger partial charge in [0.05, 0.1) is 6.54 Å². The second-order valence-electron chi connectivity index (χ2n) is 9.59. The molecule has 3 heterocycles. The average Bonchev–Trinajstić information content (AvgIpc) is 3.25. The van der Waals surface area contributed by atoms with Crippen molar-refractivity contribution < 1.29 is 9.53 Å². The molecule has 1 saturated heterocycles. The number of likely N-dealkylation sites (tertiary alicyclic amines) is 1. The number of fused-ring (bicyclic) bond motifs is 1.